The number of rotatable bonds is 0. The van der Waals surface area contributed by atoms with Crippen LogP contribution in [-0.4, -0.2) is 4.40 Å². The average Bonchev–Trinajstić information content (AvgIpc) is 2.88. The number of aromatic nitrogens is 1. The molecule has 0 aliphatic rings. The molecule has 2 heterocycles. The van der Waals surface area contributed by atoms with Crippen LogP contribution >= 0.6 is 0 Å². The van der Waals surface area contributed by atoms with E-state index in [2.05, 4.69) is 18.2 Å². The molecule has 4 rings (SSSR count). The zero-order valence-corrected chi connectivity index (χ0v) is 10.7. The van der Waals surface area contributed by atoms with Crippen molar-refractivity contribution >= 4 is 33.0 Å². The number of para-hydroxylation sites is 1. The first-order valence-electron chi connectivity index (χ1n) is 6.42. The summed E-state index contributed by atoms with van der Waals surface area (Å²) in [6.45, 7) is 0. The number of benzene rings is 2. The molecule has 0 fully saturated rings. The molecule has 0 unspecified atom stereocenters. The smallest absolute Gasteiger partial charge is 0.127 e. The highest BCUT2D eigenvalue weighted by Crippen LogP contribution is 2.32. The number of fused-ring (bicyclic) bond motifs is 5. The van der Waals surface area contributed by atoms with Crippen LogP contribution < -0.4 is 5.73 Å². The molecule has 3 heteroatoms. The maximum Gasteiger partial charge on any atom is 0.127 e. The number of nitrogens with two attached hydrogens (primary N) is 1. The Balaban J connectivity index is 2.42. The molecule has 3 nitrogen and oxygen atoms in total. The van der Waals surface area contributed by atoms with Gasteiger partial charge in [0.05, 0.1) is 11.0 Å². The van der Waals surface area contributed by atoms with Crippen LogP contribution in [0.3, 0.4) is 0 Å². The summed E-state index contributed by atoms with van der Waals surface area (Å²) < 4.78 is 1.97. The Kier molecular flexibility index (Phi) is 2.04. The van der Waals surface area contributed by atoms with E-state index in [1.54, 1.807) is 0 Å². The highest BCUT2D eigenvalue weighted by atomic mass is 15.0. The van der Waals surface area contributed by atoms with Crippen molar-refractivity contribution in [1.29, 1.82) is 5.26 Å². The number of nitrogens with zero attached hydrogens (tertiary/aromatic N) is 2. The lowest BCUT2D eigenvalue weighted by atomic mass is 10.1. The summed E-state index contributed by atoms with van der Waals surface area (Å²) in [5.74, 6) is 0.502. The highest BCUT2D eigenvalue weighted by molar-refractivity contribution is 6.06. The van der Waals surface area contributed by atoms with Crippen molar-refractivity contribution in [2.45, 2.75) is 0 Å². The molecule has 0 bridgehead atoms. The van der Waals surface area contributed by atoms with Crippen LogP contribution in [-0.2, 0) is 0 Å². The standard InChI is InChI=1S/C17H11N3/c18-10-14-12-6-2-3-7-13(12)16-9-11-5-1-4-8-15(11)20(16)17(14)19/h1-9H,19H2. The summed E-state index contributed by atoms with van der Waals surface area (Å²) in [5, 5.41) is 12.5. The van der Waals surface area contributed by atoms with E-state index in [1.165, 1.54) is 0 Å². The first-order chi connectivity index (χ1) is 9.81. The van der Waals surface area contributed by atoms with Crippen molar-refractivity contribution in [2.75, 3.05) is 5.73 Å². The average molecular weight is 257 g/mol. The zero-order chi connectivity index (χ0) is 13.7. The Bertz CT molecular complexity index is 1020. The number of pyridine rings is 1. The van der Waals surface area contributed by atoms with Gasteiger partial charge in [0.15, 0.2) is 0 Å². The molecule has 4 aromatic rings. The largest absolute Gasteiger partial charge is 0.384 e. The van der Waals surface area contributed by atoms with E-state index >= 15 is 0 Å². The van der Waals surface area contributed by atoms with Gasteiger partial charge in [-0.3, -0.25) is 4.40 Å². The lowest BCUT2D eigenvalue weighted by Crippen LogP contribution is -2.01. The van der Waals surface area contributed by atoms with E-state index in [1.807, 2.05) is 46.9 Å². The maximum atomic E-state index is 9.44. The molecule has 0 saturated carbocycles. The highest BCUT2D eigenvalue weighted by Gasteiger charge is 2.14. The predicted octanol–water partition coefficient (Wildman–Crippen LogP) is 3.70. The summed E-state index contributed by atoms with van der Waals surface area (Å²) in [4.78, 5) is 0. The molecule has 2 N–H and O–H groups in total. The molecular formula is C17H11N3. The van der Waals surface area contributed by atoms with Gasteiger partial charge in [0.25, 0.3) is 0 Å². The van der Waals surface area contributed by atoms with Gasteiger partial charge >= 0.3 is 0 Å². The summed E-state index contributed by atoms with van der Waals surface area (Å²) in [7, 11) is 0. The quantitative estimate of drug-likeness (QED) is 0.522. The van der Waals surface area contributed by atoms with Gasteiger partial charge in [0.2, 0.25) is 0 Å². The van der Waals surface area contributed by atoms with Gasteiger partial charge < -0.3 is 5.73 Å². The summed E-state index contributed by atoms with van der Waals surface area (Å²) in [5.41, 5.74) is 8.85. The van der Waals surface area contributed by atoms with E-state index in [0.717, 1.165) is 27.2 Å². The minimum absolute atomic E-state index is 0.502. The summed E-state index contributed by atoms with van der Waals surface area (Å²) in [6.07, 6.45) is 0. The second kappa shape index (κ2) is 3.75. The number of hydrogen-bond acceptors (Lipinski definition) is 2. The van der Waals surface area contributed by atoms with Crippen LogP contribution in [0.4, 0.5) is 5.82 Å². The third kappa shape index (κ3) is 1.23. The van der Waals surface area contributed by atoms with Gasteiger partial charge in [-0.15, -0.1) is 0 Å². The number of anilines is 1. The molecule has 2 aromatic carbocycles. The molecule has 0 radical (unpaired) electrons. The first kappa shape index (κ1) is 10.9. The van der Waals surface area contributed by atoms with E-state index in [-0.39, 0.29) is 0 Å². The maximum absolute atomic E-state index is 9.44. The number of nitriles is 1. The fraction of sp³-hybridized carbons (Fsp3) is 0. The van der Waals surface area contributed by atoms with Crippen LogP contribution in [0.1, 0.15) is 5.56 Å². The third-order valence-electron chi connectivity index (χ3n) is 3.79. The molecule has 2 aromatic heterocycles. The molecule has 20 heavy (non-hydrogen) atoms. The van der Waals surface area contributed by atoms with Gasteiger partial charge in [-0.05, 0) is 12.1 Å². The van der Waals surface area contributed by atoms with E-state index in [4.69, 9.17) is 5.73 Å². The fourth-order valence-corrected chi connectivity index (χ4v) is 2.90. The van der Waals surface area contributed by atoms with Crippen molar-refractivity contribution in [3.63, 3.8) is 0 Å². The Morgan fingerprint density at radius 3 is 2.40 bits per heavy atom. The Morgan fingerprint density at radius 1 is 0.900 bits per heavy atom. The van der Waals surface area contributed by atoms with Gasteiger partial charge in [-0.1, -0.05) is 42.5 Å². The van der Waals surface area contributed by atoms with Crippen molar-refractivity contribution in [3.05, 3.63) is 60.2 Å². The van der Waals surface area contributed by atoms with Crippen LogP contribution in [0.5, 0.6) is 0 Å². The molecule has 0 atom stereocenters. The van der Waals surface area contributed by atoms with Crippen molar-refractivity contribution < 1.29 is 0 Å². The van der Waals surface area contributed by atoms with Crippen molar-refractivity contribution in [2.24, 2.45) is 0 Å². The Morgan fingerprint density at radius 2 is 1.60 bits per heavy atom. The summed E-state index contributed by atoms with van der Waals surface area (Å²) >= 11 is 0. The summed E-state index contributed by atoms with van der Waals surface area (Å²) in [6, 6.07) is 20.3. The van der Waals surface area contributed by atoms with Gasteiger partial charge in [0.1, 0.15) is 17.5 Å². The lowest BCUT2D eigenvalue weighted by molar-refractivity contribution is 1.27. The van der Waals surface area contributed by atoms with Gasteiger partial charge in [0, 0.05) is 16.2 Å². The van der Waals surface area contributed by atoms with E-state index < -0.39 is 0 Å². The minimum atomic E-state index is 0.502. The minimum Gasteiger partial charge on any atom is -0.384 e. The van der Waals surface area contributed by atoms with E-state index in [0.29, 0.717) is 11.4 Å². The second-order valence-electron chi connectivity index (χ2n) is 4.84. The van der Waals surface area contributed by atoms with Crippen LogP contribution in [0.25, 0.3) is 27.2 Å². The normalized spacial score (nSPS) is 11.2. The van der Waals surface area contributed by atoms with Crippen molar-refractivity contribution in [1.82, 2.24) is 4.40 Å². The molecule has 0 aliphatic carbocycles. The monoisotopic (exact) mass is 257 g/mol. The molecule has 0 amide bonds. The van der Waals surface area contributed by atoms with Crippen LogP contribution in [0.2, 0.25) is 0 Å². The molecular weight excluding hydrogens is 246 g/mol. The topological polar surface area (TPSA) is 54.2 Å². The van der Waals surface area contributed by atoms with Crippen LogP contribution in [0.15, 0.2) is 54.6 Å². The Labute approximate surface area is 115 Å². The third-order valence-corrected chi connectivity index (χ3v) is 3.79. The molecule has 0 saturated heterocycles. The molecule has 0 spiro atoms. The number of nitrogen functional groups attached to an aromatic ring is 1. The Hall–Kier alpha value is -2.99. The predicted molar refractivity (Wildman–Crippen MR) is 81.5 cm³/mol. The molecule has 0 aliphatic heterocycles. The van der Waals surface area contributed by atoms with Gasteiger partial charge in [-0.2, -0.15) is 5.26 Å². The lowest BCUT2D eigenvalue weighted by Gasteiger charge is -2.09. The van der Waals surface area contributed by atoms with Crippen LogP contribution in [0, 0.1) is 11.3 Å². The van der Waals surface area contributed by atoms with Gasteiger partial charge in [-0.25, -0.2) is 0 Å². The van der Waals surface area contributed by atoms with Crippen molar-refractivity contribution in [3.8, 4) is 6.07 Å². The molecule has 94 valence electrons. The van der Waals surface area contributed by atoms with E-state index in [9.17, 15) is 5.26 Å². The SMILES string of the molecule is N#Cc1c(N)n2c3ccccc3cc2c2ccccc12. The fourth-order valence-electron chi connectivity index (χ4n) is 2.90. The number of hydrogen-bond donors (Lipinski definition) is 1. The zero-order valence-electron chi connectivity index (χ0n) is 10.7. The second-order valence-corrected chi connectivity index (χ2v) is 4.84. The first-order valence-corrected chi connectivity index (χ1v) is 6.42.